The predicted octanol–water partition coefficient (Wildman–Crippen LogP) is 4.29. The number of carbonyl (C=O) groups excluding carboxylic acids is 1. The Kier molecular flexibility index (Phi) is 6.42. The van der Waals surface area contributed by atoms with E-state index in [-0.39, 0.29) is 23.7 Å². The fraction of sp³-hybridized carbons (Fsp3) is 0.300. The van der Waals surface area contributed by atoms with Crippen molar-refractivity contribution in [2.75, 3.05) is 6.61 Å². The van der Waals surface area contributed by atoms with Gasteiger partial charge in [-0.25, -0.2) is 5.43 Å². The van der Waals surface area contributed by atoms with Crippen LogP contribution in [0.1, 0.15) is 37.5 Å². The van der Waals surface area contributed by atoms with Gasteiger partial charge in [-0.1, -0.05) is 48.8 Å². The molecule has 0 heterocycles. The summed E-state index contributed by atoms with van der Waals surface area (Å²) in [6.45, 7) is 8.26. The number of aromatic hydroxyl groups is 1. The van der Waals surface area contributed by atoms with Gasteiger partial charge in [-0.15, -0.1) is 0 Å². The molecule has 2 aromatic carbocycles. The van der Waals surface area contributed by atoms with Gasteiger partial charge in [0.25, 0.3) is 5.91 Å². The Bertz CT molecular complexity index is 826. The van der Waals surface area contributed by atoms with Gasteiger partial charge >= 0.3 is 0 Å². The lowest BCUT2D eigenvalue weighted by atomic mass is 9.86. The summed E-state index contributed by atoms with van der Waals surface area (Å²) < 4.78 is 6.38. The number of phenolic OH excluding ortho intramolecular Hbond substituents is 1. The second-order valence-corrected chi connectivity index (χ2v) is 7.93. The fourth-order valence-electron chi connectivity index (χ4n) is 2.26. The van der Waals surface area contributed by atoms with Gasteiger partial charge < -0.3 is 9.84 Å². The minimum atomic E-state index is -0.380. The van der Waals surface area contributed by atoms with Crippen LogP contribution < -0.4 is 10.2 Å². The van der Waals surface area contributed by atoms with E-state index < -0.39 is 0 Å². The molecule has 0 radical (unpaired) electrons. The third-order valence-electron chi connectivity index (χ3n) is 3.78. The largest absolute Gasteiger partial charge is 0.507 e. The zero-order valence-corrected chi connectivity index (χ0v) is 16.9. The highest BCUT2D eigenvalue weighted by Crippen LogP contribution is 2.27. The van der Waals surface area contributed by atoms with Gasteiger partial charge in [0.05, 0.1) is 6.21 Å². The molecule has 0 aromatic heterocycles. The number of ether oxygens (including phenoxy) is 1. The highest BCUT2D eigenvalue weighted by atomic mass is 79.9. The molecule has 2 rings (SSSR count). The molecule has 0 atom stereocenters. The van der Waals surface area contributed by atoms with Crippen LogP contribution in [-0.2, 0) is 10.2 Å². The molecule has 0 unspecified atom stereocenters. The fourth-order valence-corrected chi connectivity index (χ4v) is 2.63. The van der Waals surface area contributed by atoms with Crippen molar-refractivity contribution < 1.29 is 14.6 Å². The number of nitrogens with zero attached hydrogens (tertiary/aromatic N) is 1. The highest BCUT2D eigenvalue weighted by molar-refractivity contribution is 9.10. The quantitative estimate of drug-likeness (QED) is 0.561. The molecule has 138 valence electrons. The number of hydrazone groups is 1. The van der Waals surface area contributed by atoms with E-state index in [4.69, 9.17) is 4.74 Å². The van der Waals surface area contributed by atoms with Crippen molar-refractivity contribution in [3.8, 4) is 11.5 Å². The van der Waals surface area contributed by atoms with E-state index in [1.807, 2.05) is 19.1 Å². The summed E-state index contributed by atoms with van der Waals surface area (Å²) in [4.78, 5) is 11.9. The third-order valence-corrected chi connectivity index (χ3v) is 4.28. The molecular weight excluding hydrogens is 396 g/mol. The van der Waals surface area contributed by atoms with Crippen molar-refractivity contribution in [2.45, 2.75) is 33.1 Å². The third kappa shape index (κ3) is 5.59. The molecule has 2 N–H and O–H groups in total. The van der Waals surface area contributed by atoms with Crippen LogP contribution >= 0.6 is 15.9 Å². The van der Waals surface area contributed by atoms with Gasteiger partial charge in [-0.2, -0.15) is 5.10 Å². The zero-order valence-electron chi connectivity index (χ0n) is 15.3. The topological polar surface area (TPSA) is 70.9 Å². The first-order chi connectivity index (χ1) is 12.2. The first-order valence-corrected chi connectivity index (χ1v) is 9.00. The Labute approximate surface area is 162 Å². The molecule has 0 aliphatic heterocycles. The SMILES string of the molecule is Cc1cc(C(C)(C)C)ccc1OCC(=O)N/N=C/c1cc(Br)ccc1O. The summed E-state index contributed by atoms with van der Waals surface area (Å²) in [5, 5.41) is 13.6. The van der Waals surface area contributed by atoms with Crippen LogP contribution in [0.15, 0.2) is 46.0 Å². The summed E-state index contributed by atoms with van der Waals surface area (Å²) in [6.07, 6.45) is 1.38. The predicted molar refractivity (Wildman–Crippen MR) is 107 cm³/mol. The molecule has 26 heavy (non-hydrogen) atoms. The standard InChI is InChI=1S/C20H23BrN2O3/c1-13-9-15(20(2,3)4)5-8-18(13)26-12-19(25)23-22-11-14-10-16(21)6-7-17(14)24/h5-11,24H,12H2,1-4H3,(H,23,25)/b22-11+. The van der Waals surface area contributed by atoms with Crippen LogP contribution in [0, 0.1) is 6.92 Å². The van der Waals surface area contributed by atoms with Gasteiger partial charge in [0.1, 0.15) is 11.5 Å². The Morgan fingerprint density at radius 1 is 1.27 bits per heavy atom. The maximum Gasteiger partial charge on any atom is 0.277 e. The maximum absolute atomic E-state index is 11.9. The van der Waals surface area contributed by atoms with Crippen LogP contribution in [0.5, 0.6) is 11.5 Å². The molecule has 0 saturated carbocycles. The van der Waals surface area contributed by atoms with Crippen molar-refractivity contribution in [3.63, 3.8) is 0 Å². The zero-order chi connectivity index (χ0) is 19.3. The lowest BCUT2D eigenvalue weighted by Crippen LogP contribution is -2.24. The molecule has 6 heteroatoms. The number of carbonyl (C=O) groups is 1. The van der Waals surface area contributed by atoms with Gasteiger partial charge in [0.15, 0.2) is 6.61 Å². The second kappa shape index (κ2) is 8.36. The number of rotatable bonds is 5. The summed E-state index contributed by atoms with van der Waals surface area (Å²) in [5.74, 6) is 0.369. The molecule has 0 fully saturated rings. The number of amides is 1. The van der Waals surface area contributed by atoms with Gasteiger partial charge in [-0.3, -0.25) is 4.79 Å². The van der Waals surface area contributed by atoms with E-state index in [0.717, 1.165) is 10.0 Å². The first-order valence-electron chi connectivity index (χ1n) is 8.21. The van der Waals surface area contributed by atoms with Crippen molar-refractivity contribution in [1.29, 1.82) is 0 Å². The number of phenols is 1. The number of hydrogen-bond donors (Lipinski definition) is 2. The molecule has 0 saturated heterocycles. The van der Waals surface area contributed by atoms with Crippen molar-refractivity contribution in [3.05, 3.63) is 57.6 Å². The van der Waals surface area contributed by atoms with E-state index in [2.05, 4.69) is 53.3 Å². The smallest absolute Gasteiger partial charge is 0.277 e. The highest BCUT2D eigenvalue weighted by Gasteiger charge is 2.15. The van der Waals surface area contributed by atoms with E-state index in [0.29, 0.717) is 11.3 Å². The number of benzene rings is 2. The number of halogens is 1. The van der Waals surface area contributed by atoms with Crippen molar-refractivity contribution in [2.24, 2.45) is 5.10 Å². The second-order valence-electron chi connectivity index (χ2n) is 7.02. The van der Waals surface area contributed by atoms with Crippen LogP contribution in [0.2, 0.25) is 0 Å². The molecule has 0 bridgehead atoms. The minimum absolute atomic E-state index is 0.0629. The molecule has 5 nitrogen and oxygen atoms in total. The van der Waals surface area contributed by atoms with Crippen LogP contribution in [0.4, 0.5) is 0 Å². The summed E-state index contributed by atoms with van der Waals surface area (Å²) in [5.41, 5.74) is 5.13. The molecule has 2 aromatic rings. The Balaban J connectivity index is 1.91. The monoisotopic (exact) mass is 418 g/mol. The Morgan fingerprint density at radius 2 is 2.00 bits per heavy atom. The normalized spacial score (nSPS) is 11.6. The lowest BCUT2D eigenvalue weighted by Gasteiger charge is -2.20. The molecule has 0 aliphatic rings. The van der Waals surface area contributed by atoms with E-state index in [1.165, 1.54) is 11.8 Å². The summed E-state index contributed by atoms with van der Waals surface area (Å²) >= 11 is 3.31. The average molecular weight is 419 g/mol. The molecule has 0 aliphatic carbocycles. The molecular formula is C20H23BrN2O3. The van der Waals surface area contributed by atoms with Crippen LogP contribution in [-0.4, -0.2) is 23.8 Å². The van der Waals surface area contributed by atoms with Gasteiger partial charge in [0, 0.05) is 10.0 Å². The number of nitrogens with one attached hydrogen (secondary N) is 1. The Morgan fingerprint density at radius 3 is 2.65 bits per heavy atom. The van der Waals surface area contributed by atoms with Crippen molar-refractivity contribution >= 4 is 28.1 Å². The van der Waals surface area contributed by atoms with E-state index in [1.54, 1.807) is 18.2 Å². The van der Waals surface area contributed by atoms with Gasteiger partial charge in [0.2, 0.25) is 0 Å². The maximum atomic E-state index is 11.9. The van der Waals surface area contributed by atoms with E-state index >= 15 is 0 Å². The number of hydrogen-bond acceptors (Lipinski definition) is 4. The summed E-state index contributed by atoms with van der Waals surface area (Å²) in [7, 11) is 0. The first kappa shape index (κ1) is 20.0. The molecule has 1 amide bonds. The number of aryl methyl sites for hydroxylation is 1. The van der Waals surface area contributed by atoms with Crippen molar-refractivity contribution in [1.82, 2.24) is 5.43 Å². The average Bonchev–Trinajstić information content (AvgIpc) is 2.56. The van der Waals surface area contributed by atoms with Crippen LogP contribution in [0.25, 0.3) is 0 Å². The van der Waals surface area contributed by atoms with Crippen LogP contribution in [0.3, 0.4) is 0 Å². The lowest BCUT2D eigenvalue weighted by molar-refractivity contribution is -0.123. The van der Waals surface area contributed by atoms with Gasteiger partial charge in [-0.05, 0) is 47.7 Å². The Hall–Kier alpha value is -2.34. The molecule has 0 spiro atoms. The minimum Gasteiger partial charge on any atom is -0.507 e. The summed E-state index contributed by atoms with van der Waals surface area (Å²) in [6, 6.07) is 10.9. The van der Waals surface area contributed by atoms with E-state index in [9.17, 15) is 9.90 Å².